The molecule has 0 unspecified atom stereocenters. The van der Waals surface area contributed by atoms with Gasteiger partial charge >= 0.3 is 6.03 Å². The summed E-state index contributed by atoms with van der Waals surface area (Å²) in [5.41, 5.74) is 2.48. The summed E-state index contributed by atoms with van der Waals surface area (Å²) in [5.74, 6) is -0.223. The maximum absolute atomic E-state index is 13.2. The summed E-state index contributed by atoms with van der Waals surface area (Å²) >= 11 is 0. The Morgan fingerprint density at radius 3 is 2.37 bits per heavy atom. The summed E-state index contributed by atoms with van der Waals surface area (Å²) in [5, 5.41) is 13.7. The summed E-state index contributed by atoms with van der Waals surface area (Å²) in [6, 6.07) is 14.3. The summed E-state index contributed by atoms with van der Waals surface area (Å²) in [4.78, 5) is 38.8. The van der Waals surface area contributed by atoms with Gasteiger partial charge in [0.25, 0.3) is 11.6 Å². The van der Waals surface area contributed by atoms with E-state index in [4.69, 9.17) is 0 Å². The number of anilines is 1. The molecule has 2 aliphatic heterocycles. The number of nitro benzene ring substituents is 1. The summed E-state index contributed by atoms with van der Waals surface area (Å²) in [7, 11) is 1.62. The maximum Gasteiger partial charge on any atom is 0.322 e. The number of likely N-dealkylation sites (N-methyl/N-ethyl adjacent to an activating group) is 1. The number of hydrogen-bond donors (Lipinski definition) is 1. The molecule has 0 spiro atoms. The molecule has 0 saturated heterocycles. The zero-order valence-corrected chi connectivity index (χ0v) is 14.5. The van der Waals surface area contributed by atoms with Crippen LogP contribution in [0.2, 0.25) is 0 Å². The first-order chi connectivity index (χ1) is 13.0. The molecule has 2 heterocycles. The Balaban J connectivity index is 1.72. The first-order valence-electron chi connectivity index (χ1n) is 8.36. The highest BCUT2D eigenvalue weighted by molar-refractivity contribution is 6.11. The van der Waals surface area contributed by atoms with Crippen LogP contribution in [0.15, 0.2) is 65.9 Å². The largest absolute Gasteiger partial charge is 0.327 e. The van der Waals surface area contributed by atoms with Gasteiger partial charge in [-0.2, -0.15) is 0 Å². The van der Waals surface area contributed by atoms with E-state index in [-0.39, 0.29) is 24.2 Å². The van der Waals surface area contributed by atoms with Gasteiger partial charge in [0.05, 0.1) is 28.8 Å². The summed E-state index contributed by atoms with van der Waals surface area (Å²) < 4.78 is 0. The van der Waals surface area contributed by atoms with Crippen molar-refractivity contribution >= 4 is 23.3 Å². The number of nitro groups is 1. The Morgan fingerprint density at radius 1 is 1.07 bits per heavy atom. The molecule has 2 aliphatic rings. The fourth-order valence-corrected chi connectivity index (χ4v) is 3.43. The van der Waals surface area contributed by atoms with Gasteiger partial charge in [0.2, 0.25) is 0 Å². The molecule has 0 radical (unpaired) electrons. The number of carbonyl (C=O) groups is 2. The third-order valence-corrected chi connectivity index (χ3v) is 4.87. The highest BCUT2D eigenvalue weighted by Gasteiger charge is 2.43. The van der Waals surface area contributed by atoms with Crippen molar-refractivity contribution in [3.63, 3.8) is 0 Å². The summed E-state index contributed by atoms with van der Waals surface area (Å²) in [6.07, 6.45) is 0. The Labute approximate surface area is 154 Å². The molecule has 1 N–H and O–H groups in total. The Hall–Kier alpha value is -3.68. The van der Waals surface area contributed by atoms with Crippen LogP contribution in [-0.4, -0.2) is 35.4 Å². The van der Waals surface area contributed by atoms with Gasteiger partial charge in [-0.15, -0.1) is 0 Å². The van der Waals surface area contributed by atoms with E-state index < -0.39 is 11.0 Å². The third kappa shape index (κ3) is 2.71. The number of hydrogen-bond acceptors (Lipinski definition) is 4. The van der Waals surface area contributed by atoms with Crippen LogP contribution in [-0.2, 0) is 4.79 Å². The molecule has 136 valence electrons. The lowest BCUT2D eigenvalue weighted by atomic mass is 9.96. The molecular formula is C19H16N4O4. The molecule has 0 saturated carbocycles. The Bertz CT molecular complexity index is 969. The summed E-state index contributed by atoms with van der Waals surface area (Å²) in [6.45, 7) is 0.235. The van der Waals surface area contributed by atoms with E-state index in [0.29, 0.717) is 17.0 Å². The molecule has 3 amide bonds. The van der Waals surface area contributed by atoms with Gasteiger partial charge in [-0.3, -0.25) is 19.8 Å². The van der Waals surface area contributed by atoms with E-state index in [1.807, 2.05) is 30.3 Å². The molecule has 2 aromatic carbocycles. The molecule has 1 atom stereocenters. The lowest BCUT2D eigenvalue weighted by molar-refractivity contribution is -0.384. The van der Waals surface area contributed by atoms with Gasteiger partial charge in [0.15, 0.2) is 0 Å². The van der Waals surface area contributed by atoms with E-state index in [9.17, 15) is 19.7 Å². The van der Waals surface area contributed by atoms with E-state index in [1.54, 1.807) is 19.2 Å². The van der Waals surface area contributed by atoms with Gasteiger partial charge in [-0.1, -0.05) is 30.3 Å². The number of rotatable bonds is 3. The zero-order valence-electron chi connectivity index (χ0n) is 14.5. The molecule has 0 aromatic heterocycles. The minimum atomic E-state index is -0.527. The Kier molecular flexibility index (Phi) is 3.88. The van der Waals surface area contributed by atoms with Gasteiger partial charge in [-0.05, 0) is 17.7 Å². The fourth-order valence-electron chi connectivity index (χ4n) is 3.43. The predicted molar refractivity (Wildman–Crippen MR) is 98.0 cm³/mol. The minimum absolute atomic E-state index is 0.0424. The average Bonchev–Trinajstić information content (AvgIpc) is 3.03. The first kappa shape index (κ1) is 16.8. The number of non-ortho nitro benzene ring substituents is 1. The molecule has 2 aromatic rings. The van der Waals surface area contributed by atoms with Crippen LogP contribution in [0.4, 0.5) is 16.2 Å². The number of amides is 3. The number of benzene rings is 2. The second-order valence-corrected chi connectivity index (χ2v) is 6.38. The molecule has 8 nitrogen and oxygen atoms in total. The van der Waals surface area contributed by atoms with Crippen molar-refractivity contribution in [3.05, 3.63) is 81.5 Å². The smallest absolute Gasteiger partial charge is 0.322 e. The molecule has 0 fully saturated rings. The fraction of sp³-hybridized carbons (Fsp3) is 0.158. The lowest BCUT2D eigenvalue weighted by Crippen LogP contribution is -2.45. The van der Waals surface area contributed by atoms with E-state index in [2.05, 4.69) is 5.32 Å². The van der Waals surface area contributed by atoms with E-state index in [0.717, 1.165) is 5.56 Å². The van der Waals surface area contributed by atoms with Crippen LogP contribution >= 0.6 is 0 Å². The number of nitrogens with zero attached hydrogens (tertiary/aromatic N) is 3. The maximum atomic E-state index is 13.2. The number of carbonyl (C=O) groups excluding carboxylic acids is 2. The van der Waals surface area contributed by atoms with Gasteiger partial charge in [-0.25, -0.2) is 4.79 Å². The lowest BCUT2D eigenvalue weighted by Gasteiger charge is -2.31. The third-order valence-electron chi connectivity index (χ3n) is 4.87. The predicted octanol–water partition coefficient (Wildman–Crippen LogP) is 2.59. The van der Waals surface area contributed by atoms with E-state index >= 15 is 0 Å². The van der Waals surface area contributed by atoms with Crippen molar-refractivity contribution < 1.29 is 14.5 Å². The number of urea groups is 1. The zero-order chi connectivity index (χ0) is 19.1. The molecule has 27 heavy (non-hydrogen) atoms. The highest BCUT2D eigenvalue weighted by Crippen LogP contribution is 2.37. The van der Waals surface area contributed by atoms with Crippen molar-refractivity contribution in [2.75, 3.05) is 18.5 Å². The first-order valence-corrected chi connectivity index (χ1v) is 8.36. The van der Waals surface area contributed by atoms with Crippen molar-refractivity contribution in [2.24, 2.45) is 0 Å². The van der Waals surface area contributed by atoms with Gasteiger partial charge in [0, 0.05) is 24.9 Å². The van der Waals surface area contributed by atoms with Crippen molar-refractivity contribution in [1.29, 1.82) is 0 Å². The molecule has 4 rings (SSSR count). The minimum Gasteiger partial charge on any atom is -0.327 e. The van der Waals surface area contributed by atoms with Crippen LogP contribution in [0.5, 0.6) is 0 Å². The topological polar surface area (TPSA) is 95.8 Å². The molecule has 8 heteroatoms. The van der Waals surface area contributed by atoms with Gasteiger partial charge < -0.3 is 10.2 Å². The molecule has 0 aliphatic carbocycles. The van der Waals surface area contributed by atoms with E-state index in [1.165, 1.54) is 21.9 Å². The van der Waals surface area contributed by atoms with Crippen molar-refractivity contribution in [1.82, 2.24) is 10.2 Å². The average molecular weight is 364 g/mol. The quantitative estimate of drug-likeness (QED) is 0.669. The second kappa shape index (κ2) is 6.24. The molecular weight excluding hydrogens is 348 g/mol. The SMILES string of the molecule is CN1C(=O)N[C@@H](c2ccccc2)C2=C1CN(c1ccc([N+](=O)[O-])cc1)C2=O. The highest BCUT2D eigenvalue weighted by atomic mass is 16.6. The van der Waals surface area contributed by atoms with Crippen LogP contribution in [0, 0.1) is 10.1 Å². The Morgan fingerprint density at radius 2 is 1.74 bits per heavy atom. The second-order valence-electron chi connectivity index (χ2n) is 6.38. The van der Waals surface area contributed by atoms with Gasteiger partial charge in [0.1, 0.15) is 0 Å². The standard InChI is InChI=1S/C19H16N4O4/c1-21-15-11-22(13-7-9-14(10-8-13)23(26)27)18(24)16(15)17(20-19(21)25)12-5-3-2-4-6-12/h2-10,17H,11H2,1H3,(H,20,25)/t17-/m0/s1. The molecule has 0 bridgehead atoms. The normalized spacial score (nSPS) is 19.2. The monoisotopic (exact) mass is 364 g/mol. The van der Waals surface area contributed by atoms with Crippen LogP contribution < -0.4 is 10.2 Å². The van der Waals surface area contributed by atoms with Crippen LogP contribution in [0.25, 0.3) is 0 Å². The van der Waals surface area contributed by atoms with Crippen LogP contribution in [0.1, 0.15) is 11.6 Å². The van der Waals surface area contributed by atoms with Crippen molar-refractivity contribution in [2.45, 2.75) is 6.04 Å². The van der Waals surface area contributed by atoms with Crippen LogP contribution in [0.3, 0.4) is 0 Å². The number of nitrogens with one attached hydrogen (secondary N) is 1. The van der Waals surface area contributed by atoms with Crippen molar-refractivity contribution in [3.8, 4) is 0 Å².